The van der Waals surface area contributed by atoms with Crippen molar-refractivity contribution in [3.05, 3.63) is 68.1 Å². The molecule has 1 atom stereocenters. The number of pyridine rings is 1. The van der Waals surface area contributed by atoms with Crippen LogP contribution in [0, 0.1) is 17.1 Å². The Bertz CT molecular complexity index is 1410. The summed E-state index contributed by atoms with van der Waals surface area (Å²) in [4.78, 5) is 25.3. The van der Waals surface area contributed by atoms with Crippen molar-refractivity contribution in [2.75, 3.05) is 5.32 Å². The number of rotatable bonds is 4. The summed E-state index contributed by atoms with van der Waals surface area (Å²) in [6.45, 7) is 1.45. The number of nitrogens with zero attached hydrogens (tertiary/aromatic N) is 4. The van der Waals surface area contributed by atoms with Gasteiger partial charge in [0.2, 0.25) is 0 Å². The molecule has 1 fully saturated rings. The zero-order valence-electron chi connectivity index (χ0n) is 17.7. The summed E-state index contributed by atoms with van der Waals surface area (Å²) < 4.78 is 56.2. The number of anilines is 1. The molecule has 33 heavy (non-hydrogen) atoms. The summed E-state index contributed by atoms with van der Waals surface area (Å²) >= 11 is 0. The maximum absolute atomic E-state index is 14.6. The zero-order valence-corrected chi connectivity index (χ0v) is 17.7. The van der Waals surface area contributed by atoms with E-state index in [2.05, 4.69) is 16.5 Å². The van der Waals surface area contributed by atoms with E-state index < -0.39 is 40.3 Å². The highest BCUT2D eigenvalue weighted by Gasteiger charge is 2.40. The Balaban J connectivity index is 1.85. The third-order valence-electron chi connectivity index (χ3n) is 6.09. The first kappa shape index (κ1) is 22.5. The Morgan fingerprint density at radius 1 is 1.24 bits per heavy atom. The molecule has 1 aliphatic carbocycles. The molecule has 0 radical (unpaired) electrons. The molecule has 0 spiro atoms. The first-order valence-corrected chi connectivity index (χ1v) is 10.2. The minimum absolute atomic E-state index is 0.0281. The number of nitrogens with one attached hydrogen (secondary N) is 1. The highest BCUT2D eigenvalue weighted by atomic mass is 19.4. The molecule has 1 aliphatic rings. The Morgan fingerprint density at radius 2 is 1.94 bits per heavy atom. The Labute approximate surface area is 184 Å². The van der Waals surface area contributed by atoms with Crippen molar-refractivity contribution in [2.24, 2.45) is 7.05 Å². The van der Waals surface area contributed by atoms with E-state index in [0.29, 0.717) is 18.9 Å². The number of nitriles is 1. The number of benzene rings is 1. The third kappa shape index (κ3) is 3.65. The van der Waals surface area contributed by atoms with E-state index in [0.717, 1.165) is 23.2 Å². The van der Waals surface area contributed by atoms with Gasteiger partial charge in [-0.1, -0.05) is 12.1 Å². The second kappa shape index (κ2) is 7.72. The molecule has 0 saturated heterocycles. The lowest BCUT2D eigenvalue weighted by Gasteiger charge is -2.37. The molecule has 1 N–H and O–H groups in total. The highest BCUT2D eigenvalue weighted by molar-refractivity contribution is 5.90. The number of hydrogen-bond acceptors (Lipinski definition) is 5. The molecular weight excluding hydrogens is 442 g/mol. The maximum Gasteiger partial charge on any atom is 0.419 e. The van der Waals surface area contributed by atoms with Crippen LogP contribution in [0.15, 0.2) is 40.1 Å². The average Bonchev–Trinajstić information content (AvgIpc) is 2.71. The summed E-state index contributed by atoms with van der Waals surface area (Å²) in [5, 5.41) is 16.9. The van der Waals surface area contributed by atoms with Crippen LogP contribution in [0.2, 0.25) is 0 Å². The molecule has 11 heteroatoms. The molecule has 172 valence electrons. The van der Waals surface area contributed by atoms with Gasteiger partial charge < -0.3 is 5.32 Å². The molecule has 0 bridgehead atoms. The van der Waals surface area contributed by atoms with E-state index in [1.165, 1.54) is 30.8 Å². The van der Waals surface area contributed by atoms with Gasteiger partial charge in [0.25, 0.3) is 11.1 Å². The van der Waals surface area contributed by atoms with Crippen LogP contribution >= 0.6 is 0 Å². The maximum atomic E-state index is 14.6. The summed E-state index contributed by atoms with van der Waals surface area (Å²) in [5.74, 6) is -1.34. The van der Waals surface area contributed by atoms with Crippen molar-refractivity contribution in [3.8, 4) is 6.07 Å². The molecule has 0 amide bonds. The normalized spacial score (nSPS) is 16.2. The van der Waals surface area contributed by atoms with Crippen molar-refractivity contribution < 1.29 is 17.6 Å². The van der Waals surface area contributed by atoms with Crippen molar-refractivity contribution in [1.82, 2.24) is 14.3 Å². The number of fused-ring (bicyclic) bond motifs is 1. The standard InChI is InChI=1S/C22H19F4N5O2/c1-12(13-5-3-6-16(18(13)23)22(24,25)26)28-19-15-10-31(21(11-27)7-4-8-21)17(32)9-14(15)20(33)30(2)29-19/h3,5-6,9-10,12H,4,7-8H2,1-2H3,(H,28,29)/t12-/m1/s1. The number of aryl methyl sites for hydroxylation is 1. The van der Waals surface area contributed by atoms with Gasteiger partial charge in [0.1, 0.15) is 11.4 Å². The van der Waals surface area contributed by atoms with Gasteiger partial charge in [0.15, 0.2) is 5.82 Å². The van der Waals surface area contributed by atoms with Crippen LogP contribution in [0.3, 0.4) is 0 Å². The Hall–Kier alpha value is -3.68. The first-order valence-electron chi connectivity index (χ1n) is 10.2. The number of halogens is 4. The number of aromatic nitrogens is 3. The van der Waals surface area contributed by atoms with Crippen LogP contribution in [0.1, 0.15) is 43.4 Å². The lowest BCUT2D eigenvalue weighted by atomic mass is 9.77. The molecule has 1 aromatic carbocycles. The average molecular weight is 461 g/mol. The molecule has 1 saturated carbocycles. The van der Waals surface area contributed by atoms with E-state index in [4.69, 9.17) is 0 Å². The lowest BCUT2D eigenvalue weighted by molar-refractivity contribution is -0.140. The van der Waals surface area contributed by atoms with Crippen LogP contribution in [0.25, 0.3) is 10.8 Å². The fourth-order valence-corrected chi connectivity index (χ4v) is 4.07. The van der Waals surface area contributed by atoms with E-state index in [-0.39, 0.29) is 22.2 Å². The fourth-order valence-electron chi connectivity index (χ4n) is 4.07. The Kier molecular flexibility index (Phi) is 5.27. The summed E-state index contributed by atoms with van der Waals surface area (Å²) in [6.07, 6.45) is -1.77. The molecule has 2 aromatic heterocycles. The molecule has 7 nitrogen and oxygen atoms in total. The van der Waals surface area contributed by atoms with Crippen molar-refractivity contribution in [1.29, 1.82) is 5.26 Å². The minimum atomic E-state index is -4.86. The van der Waals surface area contributed by atoms with Gasteiger partial charge in [-0.2, -0.15) is 23.5 Å². The van der Waals surface area contributed by atoms with Crippen LogP contribution in [0.5, 0.6) is 0 Å². The zero-order chi connectivity index (χ0) is 24.1. The molecular formula is C22H19F4N5O2. The van der Waals surface area contributed by atoms with Crippen LogP contribution in [0.4, 0.5) is 23.4 Å². The van der Waals surface area contributed by atoms with E-state index >= 15 is 0 Å². The van der Waals surface area contributed by atoms with E-state index in [1.807, 2.05) is 0 Å². The molecule has 3 aromatic rings. The topological polar surface area (TPSA) is 92.7 Å². The predicted molar refractivity (Wildman–Crippen MR) is 112 cm³/mol. The molecule has 0 aliphatic heterocycles. The highest BCUT2D eigenvalue weighted by Crippen LogP contribution is 2.38. The van der Waals surface area contributed by atoms with Gasteiger partial charge in [-0.25, -0.2) is 9.07 Å². The number of alkyl halides is 3. The van der Waals surface area contributed by atoms with Gasteiger partial charge in [0.05, 0.1) is 23.1 Å². The van der Waals surface area contributed by atoms with Crippen molar-refractivity contribution in [3.63, 3.8) is 0 Å². The lowest BCUT2D eigenvalue weighted by Crippen LogP contribution is -2.45. The van der Waals surface area contributed by atoms with Crippen LogP contribution in [-0.2, 0) is 18.8 Å². The van der Waals surface area contributed by atoms with Gasteiger partial charge in [-0.05, 0) is 32.3 Å². The fraction of sp³-hybridized carbons (Fsp3) is 0.364. The monoisotopic (exact) mass is 461 g/mol. The predicted octanol–water partition coefficient (Wildman–Crippen LogP) is 3.83. The van der Waals surface area contributed by atoms with Gasteiger partial charge in [-0.3, -0.25) is 14.2 Å². The third-order valence-corrected chi connectivity index (χ3v) is 6.09. The Morgan fingerprint density at radius 3 is 2.52 bits per heavy atom. The second-order valence-electron chi connectivity index (χ2n) is 8.16. The van der Waals surface area contributed by atoms with Crippen molar-refractivity contribution in [2.45, 2.75) is 43.9 Å². The number of hydrogen-bond donors (Lipinski definition) is 1. The van der Waals surface area contributed by atoms with Gasteiger partial charge in [0, 0.05) is 30.3 Å². The summed E-state index contributed by atoms with van der Waals surface area (Å²) in [5.41, 5.74) is -3.73. The van der Waals surface area contributed by atoms with Crippen molar-refractivity contribution >= 4 is 16.6 Å². The quantitative estimate of drug-likeness (QED) is 0.597. The molecule has 0 unspecified atom stereocenters. The summed E-state index contributed by atoms with van der Waals surface area (Å²) in [6, 6.07) is 5.31. The van der Waals surface area contributed by atoms with Crippen LogP contribution in [-0.4, -0.2) is 14.3 Å². The minimum Gasteiger partial charge on any atom is -0.361 e. The largest absolute Gasteiger partial charge is 0.419 e. The molecule has 2 heterocycles. The van der Waals surface area contributed by atoms with Gasteiger partial charge in [-0.15, -0.1) is 0 Å². The second-order valence-corrected chi connectivity index (χ2v) is 8.16. The SMILES string of the molecule is C[C@@H](Nc1nn(C)c(=O)c2cc(=O)n(C3(C#N)CCC3)cc12)c1cccc(C(F)(F)F)c1F. The van der Waals surface area contributed by atoms with Crippen LogP contribution < -0.4 is 16.4 Å². The van der Waals surface area contributed by atoms with E-state index in [9.17, 15) is 32.4 Å². The molecule has 4 rings (SSSR count). The first-order chi connectivity index (χ1) is 15.5. The summed E-state index contributed by atoms with van der Waals surface area (Å²) in [7, 11) is 1.36. The van der Waals surface area contributed by atoms with E-state index in [1.54, 1.807) is 0 Å². The van der Waals surface area contributed by atoms with Gasteiger partial charge >= 0.3 is 6.18 Å². The smallest absolute Gasteiger partial charge is 0.361 e.